The lowest BCUT2D eigenvalue weighted by molar-refractivity contribution is 0.404. The number of benzene rings is 2. The van der Waals surface area contributed by atoms with E-state index in [0.29, 0.717) is 10.7 Å². The molecule has 0 spiro atoms. The van der Waals surface area contributed by atoms with Gasteiger partial charge in [-0.2, -0.15) is 5.10 Å². The van der Waals surface area contributed by atoms with Crippen LogP contribution in [0.4, 0.5) is 5.13 Å². The van der Waals surface area contributed by atoms with Gasteiger partial charge in [0.05, 0.1) is 21.5 Å². The molecule has 1 heterocycles. The summed E-state index contributed by atoms with van der Waals surface area (Å²) in [6.45, 7) is 0. The Morgan fingerprint density at radius 3 is 2.81 bits per heavy atom. The van der Waals surface area contributed by atoms with E-state index in [0.717, 1.165) is 10.2 Å². The van der Waals surface area contributed by atoms with E-state index in [9.17, 15) is 10.2 Å². The zero-order valence-electron chi connectivity index (χ0n) is 10.6. The van der Waals surface area contributed by atoms with Crippen LogP contribution in [0, 0.1) is 0 Å². The summed E-state index contributed by atoms with van der Waals surface area (Å²) in [5.74, 6) is -0.628. The number of aromatic hydroxyl groups is 2. The third kappa shape index (κ3) is 2.91. The first kappa shape index (κ1) is 13.7. The van der Waals surface area contributed by atoms with Crippen molar-refractivity contribution >= 4 is 44.5 Å². The van der Waals surface area contributed by atoms with E-state index in [2.05, 4.69) is 15.5 Å². The molecule has 3 rings (SSSR count). The molecule has 0 aliphatic heterocycles. The third-order valence-electron chi connectivity index (χ3n) is 2.73. The molecule has 0 fully saturated rings. The molecule has 7 heteroatoms. The molecular weight excluding hydrogens is 310 g/mol. The molecule has 0 bridgehead atoms. The number of fused-ring (bicyclic) bond motifs is 1. The number of nitrogens with one attached hydrogen (secondary N) is 1. The van der Waals surface area contributed by atoms with Crippen molar-refractivity contribution in [3.05, 3.63) is 47.0 Å². The first-order chi connectivity index (χ1) is 10.1. The lowest BCUT2D eigenvalue weighted by Gasteiger charge is -2.01. The summed E-state index contributed by atoms with van der Waals surface area (Å²) in [5.41, 5.74) is 4.29. The molecule has 0 aliphatic rings. The Hall–Kier alpha value is -2.31. The van der Waals surface area contributed by atoms with Gasteiger partial charge in [-0.25, -0.2) is 4.98 Å². The van der Waals surface area contributed by atoms with Gasteiger partial charge in [0.15, 0.2) is 11.5 Å². The highest BCUT2D eigenvalue weighted by Gasteiger charge is 2.06. The summed E-state index contributed by atoms with van der Waals surface area (Å²) in [6, 6.07) is 10.7. The van der Waals surface area contributed by atoms with Crippen molar-refractivity contribution in [2.75, 3.05) is 5.43 Å². The minimum absolute atomic E-state index is 0.0661. The summed E-state index contributed by atoms with van der Waals surface area (Å²) in [4.78, 5) is 4.37. The number of hydrogen-bond donors (Lipinski definition) is 3. The van der Waals surface area contributed by atoms with Gasteiger partial charge in [0.2, 0.25) is 5.13 Å². The van der Waals surface area contributed by atoms with Crippen LogP contribution in [0.2, 0.25) is 5.02 Å². The van der Waals surface area contributed by atoms with Gasteiger partial charge in [0, 0.05) is 0 Å². The van der Waals surface area contributed by atoms with E-state index >= 15 is 0 Å². The Labute approximate surface area is 129 Å². The van der Waals surface area contributed by atoms with Gasteiger partial charge in [0.1, 0.15) is 0 Å². The molecule has 5 nitrogen and oxygen atoms in total. The van der Waals surface area contributed by atoms with E-state index in [-0.39, 0.29) is 16.5 Å². The number of hydrazone groups is 1. The maximum absolute atomic E-state index is 9.47. The number of thiazole rings is 1. The lowest BCUT2D eigenvalue weighted by atomic mass is 10.2. The van der Waals surface area contributed by atoms with Gasteiger partial charge in [-0.05, 0) is 29.8 Å². The van der Waals surface area contributed by atoms with Crippen molar-refractivity contribution in [3.63, 3.8) is 0 Å². The minimum Gasteiger partial charge on any atom is -0.504 e. The molecule has 0 amide bonds. The van der Waals surface area contributed by atoms with Crippen LogP contribution in [-0.2, 0) is 0 Å². The maximum Gasteiger partial charge on any atom is 0.204 e. The van der Waals surface area contributed by atoms with Crippen LogP contribution in [0.25, 0.3) is 10.2 Å². The van der Waals surface area contributed by atoms with E-state index < -0.39 is 0 Å². The van der Waals surface area contributed by atoms with Gasteiger partial charge in [-0.15, -0.1) is 0 Å². The van der Waals surface area contributed by atoms with E-state index in [4.69, 9.17) is 11.6 Å². The molecule has 0 saturated heterocycles. The van der Waals surface area contributed by atoms with Gasteiger partial charge in [0.25, 0.3) is 0 Å². The molecule has 21 heavy (non-hydrogen) atoms. The van der Waals surface area contributed by atoms with Crippen molar-refractivity contribution < 1.29 is 10.2 Å². The Morgan fingerprint density at radius 1 is 1.24 bits per heavy atom. The number of nitrogens with zero attached hydrogens (tertiary/aromatic N) is 2. The van der Waals surface area contributed by atoms with Crippen LogP contribution >= 0.6 is 22.9 Å². The van der Waals surface area contributed by atoms with Crippen molar-refractivity contribution in [2.24, 2.45) is 5.10 Å². The second-order valence-electron chi connectivity index (χ2n) is 4.23. The highest BCUT2D eigenvalue weighted by atomic mass is 35.5. The van der Waals surface area contributed by atoms with Gasteiger partial charge in [-0.3, -0.25) is 5.43 Å². The van der Waals surface area contributed by atoms with Crippen LogP contribution in [0.15, 0.2) is 41.5 Å². The lowest BCUT2D eigenvalue weighted by Crippen LogP contribution is -1.90. The summed E-state index contributed by atoms with van der Waals surface area (Å²) in [5, 5.41) is 23.6. The number of halogens is 1. The fraction of sp³-hybridized carbons (Fsp3) is 0. The predicted octanol–water partition coefficient (Wildman–Crippen LogP) is 3.81. The molecular formula is C14H10ClN3O2S. The van der Waals surface area contributed by atoms with Crippen LogP contribution in [0.5, 0.6) is 11.5 Å². The minimum atomic E-state index is -0.340. The van der Waals surface area contributed by atoms with Crippen molar-refractivity contribution in [1.29, 1.82) is 0 Å². The van der Waals surface area contributed by atoms with Crippen molar-refractivity contribution in [2.45, 2.75) is 0 Å². The summed E-state index contributed by atoms with van der Waals surface area (Å²) < 4.78 is 1.07. The second-order valence-corrected chi connectivity index (χ2v) is 5.67. The zero-order valence-corrected chi connectivity index (χ0v) is 12.2. The molecule has 0 radical (unpaired) electrons. The fourth-order valence-corrected chi connectivity index (χ4v) is 2.80. The Morgan fingerprint density at radius 2 is 2.05 bits per heavy atom. The Bertz CT molecular complexity index is 776. The predicted molar refractivity (Wildman–Crippen MR) is 85.6 cm³/mol. The normalized spacial score (nSPS) is 11.3. The smallest absolute Gasteiger partial charge is 0.204 e. The molecule has 0 aliphatic carbocycles. The summed E-state index contributed by atoms with van der Waals surface area (Å²) >= 11 is 7.26. The van der Waals surface area contributed by atoms with Crippen LogP contribution in [0.3, 0.4) is 0 Å². The number of rotatable bonds is 3. The number of para-hydroxylation sites is 1. The maximum atomic E-state index is 9.47. The SMILES string of the molecule is Oc1cc(/C=N/Nc2nc3ccccc3s2)cc(Cl)c1O. The molecule has 0 atom stereocenters. The van der Waals surface area contributed by atoms with E-state index in [1.807, 2.05) is 24.3 Å². The first-order valence-electron chi connectivity index (χ1n) is 5.99. The molecule has 3 aromatic rings. The van der Waals surface area contributed by atoms with Gasteiger partial charge in [-0.1, -0.05) is 35.1 Å². The topological polar surface area (TPSA) is 77.7 Å². The highest BCUT2D eigenvalue weighted by molar-refractivity contribution is 7.22. The van der Waals surface area contributed by atoms with E-state index in [1.165, 1.54) is 29.7 Å². The number of phenolic OH excluding ortho intramolecular Hbond substituents is 2. The average Bonchev–Trinajstić information content (AvgIpc) is 2.87. The second kappa shape index (κ2) is 5.59. The molecule has 3 N–H and O–H groups in total. The first-order valence-corrected chi connectivity index (χ1v) is 7.19. The molecule has 2 aromatic carbocycles. The number of anilines is 1. The summed E-state index contributed by atoms with van der Waals surface area (Å²) in [6.07, 6.45) is 1.48. The monoisotopic (exact) mass is 319 g/mol. The number of hydrogen-bond acceptors (Lipinski definition) is 6. The third-order valence-corrected chi connectivity index (χ3v) is 3.96. The molecule has 0 unspecified atom stereocenters. The van der Waals surface area contributed by atoms with Crippen LogP contribution in [-0.4, -0.2) is 21.4 Å². The van der Waals surface area contributed by atoms with Gasteiger partial charge < -0.3 is 10.2 Å². The zero-order chi connectivity index (χ0) is 14.8. The quantitative estimate of drug-likeness (QED) is 0.390. The van der Waals surface area contributed by atoms with Crippen LogP contribution in [0.1, 0.15) is 5.56 Å². The highest BCUT2D eigenvalue weighted by Crippen LogP contribution is 2.33. The Balaban J connectivity index is 1.77. The Kier molecular flexibility index (Phi) is 3.64. The molecule has 106 valence electrons. The fourth-order valence-electron chi connectivity index (χ4n) is 1.76. The summed E-state index contributed by atoms with van der Waals surface area (Å²) in [7, 11) is 0. The van der Waals surface area contributed by atoms with Crippen molar-refractivity contribution in [1.82, 2.24) is 4.98 Å². The standard InChI is InChI=1S/C14H10ClN3O2S/c15-9-5-8(6-11(19)13(9)20)7-16-18-14-17-10-3-1-2-4-12(10)21-14/h1-7,19-20H,(H,17,18)/b16-7+. The number of phenols is 2. The molecule has 1 aromatic heterocycles. The van der Waals surface area contributed by atoms with Crippen molar-refractivity contribution in [3.8, 4) is 11.5 Å². The van der Waals surface area contributed by atoms with Gasteiger partial charge >= 0.3 is 0 Å². The molecule has 0 saturated carbocycles. The average molecular weight is 320 g/mol. The number of aromatic nitrogens is 1. The van der Waals surface area contributed by atoms with Crippen LogP contribution < -0.4 is 5.43 Å². The largest absolute Gasteiger partial charge is 0.504 e. The van der Waals surface area contributed by atoms with E-state index in [1.54, 1.807) is 0 Å².